The van der Waals surface area contributed by atoms with Crippen LogP contribution < -0.4 is 20.2 Å². The third-order valence-electron chi connectivity index (χ3n) is 5.10. The van der Waals surface area contributed by atoms with Gasteiger partial charge in [0, 0.05) is 29.6 Å². The molecule has 2 aromatic carbocycles. The predicted octanol–water partition coefficient (Wildman–Crippen LogP) is 5.08. The molecule has 35 heavy (non-hydrogen) atoms. The van der Waals surface area contributed by atoms with Crippen LogP contribution in [0.4, 0.5) is 11.4 Å². The third kappa shape index (κ3) is 5.10. The van der Waals surface area contributed by atoms with Gasteiger partial charge in [-0.3, -0.25) is 9.59 Å². The lowest BCUT2D eigenvalue weighted by molar-refractivity contribution is -0.116. The van der Waals surface area contributed by atoms with Gasteiger partial charge >= 0.3 is 6.01 Å². The number of halogens is 1. The smallest absolute Gasteiger partial charge is 0.322 e. The summed E-state index contributed by atoms with van der Waals surface area (Å²) in [6.45, 7) is 5.16. The molecule has 10 heteroatoms. The van der Waals surface area contributed by atoms with Gasteiger partial charge in [0.15, 0.2) is 5.75 Å². The van der Waals surface area contributed by atoms with Gasteiger partial charge in [-0.1, -0.05) is 43.3 Å². The summed E-state index contributed by atoms with van der Waals surface area (Å²) in [5, 5.41) is 6.48. The predicted molar refractivity (Wildman–Crippen MR) is 135 cm³/mol. The van der Waals surface area contributed by atoms with Crippen LogP contribution >= 0.6 is 11.6 Å². The highest BCUT2D eigenvalue weighted by Crippen LogP contribution is 2.37. The first-order valence-corrected chi connectivity index (χ1v) is 11.0. The number of benzene rings is 2. The number of hydrogen-bond acceptors (Lipinski definition) is 6. The molecule has 2 N–H and O–H groups in total. The lowest BCUT2D eigenvalue weighted by atomic mass is 10.1. The Kier molecular flexibility index (Phi) is 6.98. The zero-order valence-electron chi connectivity index (χ0n) is 19.0. The Hall–Kier alpha value is -4.37. The second kappa shape index (κ2) is 10.3. The molecule has 2 amide bonds. The van der Waals surface area contributed by atoms with Gasteiger partial charge in [0.2, 0.25) is 11.8 Å². The topological polar surface area (TPSA) is 107 Å². The SMILES string of the molecule is C=CC(=O)Nc1cc(Oc2nccc(-c3cn(OC)c4ccccc34)n2)c(Cl)cc1NC(=O)CC. The second-order valence-corrected chi connectivity index (χ2v) is 7.73. The third-order valence-corrected chi connectivity index (χ3v) is 5.39. The van der Waals surface area contributed by atoms with Crippen molar-refractivity contribution in [2.75, 3.05) is 17.7 Å². The average Bonchev–Trinajstić information content (AvgIpc) is 3.25. The van der Waals surface area contributed by atoms with Gasteiger partial charge in [0.05, 0.1) is 33.8 Å². The fourth-order valence-corrected chi connectivity index (χ4v) is 3.61. The number of nitrogens with zero attached hydrogens (tertiary/aromatic N) is 3. The highest BCUT2D eigenvalue weighted by molar-refractivity contribution is 6.32. The molecule has 4 rings (SSSR count). The van der Waals surface area contributed by atoms with Crippen molar-refractivity contribution in [2.45, 2.75) is 13.3 Å². The van der Waals surface area contributed by atoms with Gasteiger partial charge in [-0.25, -0.2) is 4.98 Å². The van der Waals surface area contributed by atoms with E-state index < -0.39 is 5.91 Å². The Labute approximate surface area is 206 Å². The summed E-state index contributed by atoms with van der Waals surface area (Å²) in [7, 11) is 1.59. The normalized spacial score (nSPS) is 10.6. The summed E-state index contributed by atoms with van der Waals surface area (Å²) in [4.78, 5) is 38.0. The lowest BCUT2D eigenvalue weighted by Gasteiger charge is -2.15. The molecule has 0 fully saturated rings. The molecule has 0 aliphatic heterocycles. The van der Waals surface area contributed by atoms with Crippen LogP contribution in [-0.2, 0) is 9.59 Å². The molecule has 0 saturated carbocycles. The van der Waals surface area contributed by atoms with E-state index >= 15 is 0 Å². The van der Waals surface area contributed by atoms with Gasteiger partial charge in [-0.15, -0.1) is 0 Å². The Bertz CT molecular complexity index is 1430. The van der Waals surface area contributed by atoms with Gasteiger partial charge < -0.3 is 20.2 Å². The number of amides is 2. The molecular formula is C25H22ClN5O4. The minimum absolute atomic E-state index is 0.0463. The quantitative estimate of drug-likeness (QED) is 0.333. The van der Waals surface area contributed by atoms with Crippen LogP contribution in [0.3, 0.4) is 0 Å². The van der Waals surface area contributed by atoms with Gasteiger partial charge in [-0.05, 0) is 24.3 Å². The number of carbonyl (C=O) groups is 2. The summed E-state index contributed by atoms with van der Waals surface area (Å²) in [6, 6.07) is 12.5. The van der Waals surface area contributed by atoms with E-state index in [1.165, 1.54) is 12.1 Å². The standard InChI is InChI=1S/C25H22ClN5O4/c1-4-23(32)28-19-12-17(26)22(13-20(19)29-24(33)5-2)35-25-27-11-10-18(30-25)16-14-31(34-3)21-9-7-6-8-15(16)21/h5-14H,2,4H2,1,3H3,(H,28,32)(H,29,33). The van der Waals surface area contributed by atoms with Crippen LogP contribution in [0.1, 0.15) is 13.3 Å². The van der Waals surface area contributed by atoms with E-state index in [4.69, 9.17) is 21.2 Å². The molecule has 0 aliphatic rings. The summed E-state index contributed by atoms with van der Waals surface area (Å²) in [5.41, 5.74) is 2.95. The average molecular weight is 492 g/mol. The zero-order chi connectivity index (χ0) is 24.9. The summed E-state index contributed by atoms with van der Waals surface area (Å²) in [6.07, 6.45) is 4.77. The number of anilines is 2. The number of ether oxygens (including phenoxy) is 1. The monoisotopic (exact) mass is 491 g/mol. The van der Waals surface area contributed by atoms with Gasteiger partial charge in [0.25, 0.3) is 0 Å². The summed E-state index contributed by atoms with van der Waals surface area (Å²) < 4.78 is 7.53. The van der Waals surface area contributed by atoms with Crippen molar-refractivity contribution in [3.63, 3.8) is 0 Å². The Morgan fingerprint density at radius 3 is 2.69 bits per heavy atom. The molecule has 0 atom stereocenters. The summed E-state index contributed by atoms with van der Waals surface area (Å²) in [5.74, 6) is -0.509. The number of hydrogen-bond donors (Lipinski definition) is 2. The number of carbonyl (C=O) groups excluding carboxylic acids is 2. The maximum Gasteiger partial charge on any atom is 0.322 e. The maximum absolute atomic E-state index is 11.9. The van der Waals surface area contributed by atoms with Crippen molar-refractivity contribution in [1.29, 1.82) is 0 Å². The van der Waals surface area contributed by atoms with E-state index in [0.717, 1.165) is 22.5 Å². The van der Waals surface area contributed by atoms with Crippen molar-refractivity contribution in [2.24, 2.45) is 0 Å². The van der Waals surface area contributed by atoms with Crippen LogP contribution in [0, 0.1) is 0 Å². The first-order chi connectivity index (χ1) is 16.9. The van der Waals surface area contributed by atoms with Crippen molar-refractivity contribution in [1.82, 2.24) is 14.7 Å². The highest BCUT2D eigenvalue weighted by Gasteiger charge is 2.16. The fraction of sp³-hybridized carbons (Fsp3) is 0.120. The van der Waals surface area contributed by atoms with Crippen molar-refractivity contribution in [3.8, 4) is 23.0 Å². The van der Waals surface area contributed by atoms with E-state index in [9.17, 15) is 9.59 Å². The minimum atomic E-state index is -0.460. The van der Waals surface area contributed by atoms with Crippen molar-refractivity contribution < 1.29 is 19.2 Å². The van der Waals surface area contributed by atoms with Crippen LogP contribution in [0.5, 0.6) is 11.8 Å². The molecule has 0 unspecified atom stereocenters. The molecule has 178 valence electrons. The summed E-state index contributed by atoms with van der Waals surface area (Å²) >= 11 is 6.42. The van der Waals surface area contributed by atoms with E-state index in [1.54, 1.807) is 31.0 Å². The van der Waals surface area contributed by atoms with Gasteiger partial charge in [0.1, 0.15) is 7.11 Å². The fourth-order valence-electron chi connectivity index (χ4n) is 3.40. The van der Waals surface area contributed by atoms with Crippen LogP contribution in [0.25, 0.3) is 22.2 Å². The van der Waals surface area contributed by atoms with E-state index in [1.807, 2.05) is 30.5 Å². The zero-order valence-corrected chi connectivity index (χ0v) is 19.8. The first kappa shape index (κ1) is 23.8. The number of fused-ring (bicyclic) bond motifs is 1. The largest absolute Gasteiger partial charge is 0.423 e. The number of aromatic nitrogens is 3. The van der Waals surface area contributed by atoms with Crippen LogP contribution in [0.2, 0.25) is 5.02 Å². The second-order valence-electron chi connectivity index (χ2n) is 7.32. The number of rotatable bonds is 8. The molecule has 4 aromatic rings. The van der Waals surface area contributed by atoms with E-state index in [-0.39, 0.29) is 34.8 Å². The lowest BCUT2D eigenvalue weighted by Crippen LogP contribution is -2.14. The molecule has 9 nitrogen and oxygen atoms in total. The minimum Gasteiger partial charge on any atom is -0.423 e. The van der Waals surface area contributed by atoms with Crippen LogP contribution in [0.15, 0.2) is 67.5 Å². The van der Waals surface area contributed by atoms with Crippen LogP contribution in [-0.4, -0.2) is 33.6 Å². The maximum atomic E-state index is 11.9. The Morgan fingerprint density at radius 1 is 1.17 bits per heavy atom. The molecule has 0 bridgehead atoms. The van der Waals surface area contributed by atoms with Crippen molar-refractivity contribution >= 4 is 45.7 Å². The molecule has 0 aliphatic carbocycles. The Morgan fingerprint density at radius 2 is 1.94 bits per heavy atom. The van der Waals surface area contributed by atoms with E-state index in [0.29, 0.717) is 11.4 Å². The number of nitrogens with one attached hydrogen (secondary N) is 2. The molecule has 2 aromatic heterocycles. The van der Waals surface area contributed by atoms with E-state index in [2.05, 4.69) is 27.2 Å². The first-order valence-electron chi connectivity index (χ1n) is 10.7. The molecule has 2 heterocycles. The highest BCUT2D eigenvalue weighted by atomic mass is 35.5. The number of para-hydroxylation sites is 1. The molecule has 0 saturated heterocycles. The van der Waals surface area contributed by atoms with Gasteiger partial charge in [-0.2, -0.15) is 9.71 Å². The molecule has 0 spiro atoms. The Balaban J connectivity index is 1.70. The molecular weight excluding hydrogens is 470 g/mol. The van der Waals surface area contributed by atoms with Crippen molar-refractivity contribution in [3.05, 3.63) is 72.5 Å². The molecule has 0 radical (unpaired) electrons.